The maximum Gasteiger partial charge on any atom is 0.269 e. The van der Waals surface area contributed by atoms with Crippen molar-refractivity contribution < 1.29 is 9.72 Å². The second kappa shape index (κ2) is 8.29. The second-order valence-corrected chi connectivity index (χ2v) is 6.66. The van der Waals surface area contributed by atoms with E-state index in [4.69, 9.17) is 11.6 Å². The molecular formula is C19H20ClN3O3. The molecule has 0 aliphatic carbocycles. The lowest BCUT2D eigenvalue weighted by Crippen LogP contribution is -2.48. The maximum absolute atomic E-state index is 12.8. The van der Waals surface area contributed by atoms with Gasteiger partial charge in [0.2, 0.25) is 5.91 Å². The molecule has 6 nitrogen and oxygen atoms in total. The Morgan fingerprint density at radius 2 is 2.08 bits per heavy atom. The molecule has 1 unspecified atom stereocenters. The summed E-state index contributed by atoms with van der Waals surface area (Å²) in [6.45, 7) is 2.01. The van der Waals surface area contributed by atoms with Crippen LogP contribution in [-0.2, 0) is 11.2 Å². The van der Waals surface area contributed by atoms with Gasteiger partial charge in [-0.3, -0.25) is 14.9 Å². The molecule has 26 heavy (non-hydrogen) atoms. The number of halogens is 1. The number of nitrogens with zero attached hydrogens (tertiary/aromatic N) is 2. The van der Waals surface area contributed by atoms with E-state index in [2.05, 4.69) is 5.32 Å². The second-order valence-electron chi connectivity index (χ2n) is 6.26. The van der Waals surface area contributed by atoms with Crippen molar-refractivity contribution in [2.75, 3.05) is 19.6 Å². The highest BCUT2D eigenvalue weighted by molar-refractivity contribution is 6.31. The Labute approximate surface area is 156 Å². The molecule has 2 aromatic carbocycles. The Bertz CT molecular complexity index is 812. The lowest BCUT2D eigenvalue weighted by Gasteiger charge is -2.37. The fourth-order valence-electron chi connectivity index (χ4n) is 3.25. The van der Waals surface area contributed by atoms with Crippen molar-refractivity contribution in [3.8, 4) is 0 Å². The summed E-state index contributed by atoms with van der Waals surface area (Å²) in [5.41, 5.74) is 1.77. The van der Waals surface area contributed by atoms with Gasteiger partial charge in [0.15, 0.2) is 0 Å². The summed E-state index contributed by atoms with van der Waals surface area (Å²) >= 11 is 6.32. The minimum absolute atomic E-state index is 0.0305. The normalized spacial score (nSPS) is 17.1. The van der Waals surface area contributed by atoms with Crippen LogP contribution in [0.15, 0.2) is 48.5 Å². The summed E-state index contributed by atoms with van der Waals surface area (Å²) in [5, 5.41) is 14.8. The van der Waals surface area contributed by atoms with E-state index in [-0.39, 0.29) is 17.6 Å². The third kappa shape index (κ3) is 4.20. The first-order chi connectivity index (χ1) is 12.6. The van der Waals surface area contributed by atoms with Gasteiger partial charge >= 0.3 is 0 Å². The van der Waals surface area contributed by atoms with Crippen molar-refractivity contribution in [2.24, 2.45) is 0 Å². The number of nitrogens with one attached hydrogen (secondary N) is 1. The highest BCUT2D eigenvalue weighted by Crippen LogP contribution is 2.29. The van der Waals surface area contributed by atoms with Gasteiger partial charge < -0.3 is 10.2 Å². The largest absolute Gasteiger partial charge is 0.333 e. The molecule has 1 heterocycles. The number of carbonyl (C=O) groups excluding carboxylic acids is 1. The quantitative estimate of drug-likeness (QED) is 0.644. The van der Waals surface area contributed by atoms with Gasteiger partial charge in [-0.05, 0) is 23.6 Å². The number of benzene rings is 2. The zero-order valence-corrected chi connectivity index (χ0v) is 15.0. The van der Waals surface area contributed by atoms with Crippen LogP contribution < -0.4 is 5.32 Å². The van der Waals surface area contributed by atoms with Gasteiger partial charge in [-0.1, -0.05) is 41.9 Å². The lowest BCUT2D eigenvalue weighted by molar-refractivity contribution is -0.384. The number of hydrogen-bond donors (Lipinski definition) is 1. The topological polar surface area (TPSA) is 75.5 Å². The Balaban J connectivity index is 1.70. The number of aryl methyl sites for hydroxylation is 1. The van der Waals surface area contributed by atoms with Crippen LogP contribution in [0.3, 0.4) is 0 Å². The van der Waals surface area contributed by atoms with E-state index < -0.39 is 4.92 Å². The summed E-state index contributed by atoms with van der Waals surface area (Å²) in [5.74, 6) is 0.0305. The van der Waals surface area contributed by atoms with Crippen molar-refractivity contribution >= 4 is 23.2 Å². The monoisotopic (exact) mass is 373 g/mol. The third-order valence-corrected chi connectivity index (χ3v) is 4.92. The molecule has 3 rings (SSSR count). The number of hydrogen-bond acceptors (Lipinski definition) is 4. The Kier molecular flexibility index (Phi) is 5.85. The summed E-state index contributed by atoms with van der Waals surface area (Å²) < 4.78 is 0. The summed E-state index contributed by atoms with van der Waals surface area (Å²) in [4.78, 5) is 25.1. The average molecular weight is 374 g/mol. The molecule has 1 aliphatic rings. The van der Waals surface area contributed by atoms with Gasteiger partial charge in [-0.25, -0.2) is 0 Å². The number of amides is 1. The van der Waals surface area contributed by atoms with Crippen LogP contribution in [0.5, 0.6) is 0 Å². The maximum atomic E-state index is 12.8. The SMILES string of the molecule is O=C(CCc1cccc([N+](=O)[O-])c1)N1CCNCC1c1ccccc1Cl. The molecular weight excluding hydrogens is 354 g/mol. The predicted octanol–water partition coefficient (Wildman–Crippen LogP) is 3.35. The molecule has 1 aliphatic heterocycles. The summed E-state index contributed by atoms with van der Waals surface area (Å²) in [7, 11) is 0. The van der Waals surface area contributed by atoms with Crippen LogP contribution in [-0.4, -0.2) is 35.4 Å². The van der Waals surface area contributed by atoms with Gasteiger partial charge in [0, 0.05) is 43.2 Å². The van der Waals surface area contributed by atoms with Crippen molar-refractivity contribution in [3.05, 3.63) is 74.8 Å². The molecule has 1 amide bonds. The van der Waals surface area contributed by atoms with E-state index in [0.29, 0.717) is 31.0 Å². The minimum Gasteiger partial charge on any atom is -0.333 e. The molecule has 0 radical (unpaired) electrons. The lowest BCUT2D eigenvalue weighted by atomic mass is 10.0. The Hall–Kier alpha value is -2.44. The molecule has 1 atom stereocenters. The number of rotatable bonds is 5. The van der Waals surface area contributed by atoms with Gasteiger partial charge in [-0.15, -0.1) is 0 Å². The first kappa shape index (κ1) is 18.4. The number of piperazine rings is 1. The summed E-state index contributed by atoms with van der Waals surface area (Å²) in [6, 6.07) is 13.9. The molecule has 0 spiro atoms. The van der Waals surface area contributed by atoms with Crippen molar-refractivity contribution in [1.82, 2.24) is 10.2 Å². The van der Waals surface area contributed by atoms with Crippen molar-refractivity contribution in [3.63, 3.8) is 0 Å². The van der Waals surface area contributed by atoms with Crippen LogP contribution in [0.2, 0.25) is 5.02 Å². The smallest absolute Gasteiger partial charge is 0.269 e. The van der Waals surface area contributed by atoms with Gasteiger partial charge in [-0.2, -0.15) is 0 Å². The molecule has 0 aromatic heterocycles. The number of carbonyl (C=O) groups is 1. The van der Waals surface area contributed by atoms with E-state index in [1.165, 1.54) is 12.1 Å². The molecule has 1 fully saturated rings. The third-order valence-electron chi connectivity index (χ3n) is 4.58. The number of nitro groups is 1. The van der Waals surface area contributed by atoms with E-state index in [1.54, 1.807) is 6.07 Å². The molecule has 0 saturated carbocycles. The van der Waals surface area contributed by atoms with Crippen molar-refractivity contribution in [1.29, 1.82) is 0 Å². The van der Waals surface area contributed by atoms with E-state index >= 15 is 0 Å². The fourth-order valence-corrected chi connectivity index (χ4v) is 3.51. The predicted molar refractivity (Wildman–Crippen MR) is 100 cm³/mol. The average Bonchev–Trinajstić information content (AvgIpc) is 2.67. The number of nitro benzene ring substituents is 1. The summed E-state index contributed by atoms with van der Waals surface area (Å²) in [6.07, 6.45) is 0.780. The van der Waals surface area contributed by atoms with Crippen LogP contribution in [0.25, 0.3) is 0 Å². The fraction of sp³-hybridized carbons (Fsp3) is 0.316. The van der Waals surface area contributed by atoms with E-state index in [1.807, 2.05) is 35.2 Å². The van der Waals surface area contributed by atoms with E-state index in [9.17, 15) is 14.9 Å². The van der Waals surface area contributed by atoms with Crippen LogP contribution >= 0.6 is 11.6 Å². The number of non-ortho nitro benzene ring substituents is 1. The highest BCUT2D eigenvalue weighted by Gasteiger charge is 2.28. The molecule has 2 aromatic rings. The van der Waals surface area contributed by atoms with Gasteiger partial charge in [0.1, 0.15) is 0 Å². The van der Waals surface area contributed by atoms with Gasteiger partial charge in [0.25, 0.3) is 5.69 Å². The zero-order valence-electron chi connectivity index (χ0n) is 14.2. The molecule has 1 saturated heterocycles. The molecule has 0 bridgehead atoms. The first-order valence-electron chi connectivity index (χ1n) is 8.54. The van der Waals surface area contributed by atoms with Crippen molar-refractivity contribution in [2.45, 2.75) is 18.9 Å². The molecule has 7 heteroatoms. The highest BCUT2D eigenvalue weighted by atomic mass is 35.5. The minimum atomic E-state index is -0.422. The molecule has 1 N–H and O–H groups in total. The van der Waals surface area contributed by atoms with Crippen LogP contribution in [0.4, 0.5) is 5.69 Å². The first-order valence-corrected chi connectivity index (χ1v) is 8.92. The van der Waals surface area contributed by atoms with E-state index in [0.717, 1.165) is 17.7 Å². The Morgan fingerprint density at radius 3 is 2.85 bits per heavy atom. The Morgan fingerprint density at radius 1 is 1.27 bits per heavy atom. The standard InChI is InChI=1S/C19H20ClN3O3/c20-17-7-2-1-6-16(17)18-13-21-10-11-22(18)19(24)9-8-14-4-3-5-15(12-14)23(25)26/h1-7,12,18,21H,8-11,13H2. The molecule has 136 valence electrons. The zero-order chi connectivity index (χ0) is 18.5. The van der Waals surface area contributed by atoms with Crippen LogP contribution in [0.1, 0.15) is 23.6 Å². The van der Waals surface area contributed by atoms with Gasteiger partial charge in [0.05, 0.1) is 11.0 Å². The van der Waals surface area contributed by atoms with Crippen LogP contribution in [0, 0.1) is 10.1 Å².